The number of amides is 2. The summed E-state index contributed by atoms with van der Waals surface area (Å²) in [6.07, 6.45) is 7.17. The molecule has 5 aliphatic rings. The number of hydrogen-bond donors (Lipinski definition) is 5. The third kappa shape index (κ3) is 11.4. The number of piperazine rings is 1. The molecular formula is C56H68N12O8S. The number of benzene rings is 2. The molecule has 2 unspecified atom stereocenters. The number of β-amino-alcohol motifs (C(OH)–C–C–N with tert-alkyl or cyclic N) is 1. The molecule has 11 rings (SSSR count). The number of likely N-dealkylation sites (tertiary alicyclic amines) is 2. The van der Waals surface area contributed by atoms with Crippen LogP contribution in [0.25, 0.3) is 21.7 Å². The Labute approximate surface area is 451 Å². The Morgan fingerprint density at radius 1 is 0.857 bits per heavy atom. The Morgan fingerprint density at radius 3 is 2.35 bits per heavy atom. The van der Waals surface area contributed by atoms with Gasteiger partial charge in [-0.05, 0) is 79.1 Å². The third-order valence-corrected chi connectivity index (χ3v) is 16.9. The second kappa shape index (κ2) is 22.5. The molecule has 20 nitrogen and oxygen atoms in total. The number of aliphatic hydroxyl groups excluding tert-OH is 1. The van der Waals surface area contributed by atoms with Crippen molar-refractivity contribution in [3.8, 4) is 39.2 Å². The Balaban J connectivity index is 0.601. The van der Waals surface area contributed by atoms with Gasteiger partial charge in [0.1, 0.15) is 36.2 Å². The van der Waals surface area contributed by atoms with Gasteiger partial charge in [-0.2, -0.15) is 0 Å². The first kappa shape index (κ1) is 52.0. The Morgan fingerprint density at radius 2 is 1.62 bits per heavy atom. The molecular weight excluding hydrogens is 1000 g/mol. The van der Waals surface area contributed by atoms with Crippen molar-refractivity contribution in [3.63, 3.8) is 0 Å². The van der Waals surface area contributed by atoms with Crippen LogP contribution in [0.15, 0.2) is 89.0 Å². The van der Waals surface area contributed by atoms with Gasteiger partial charge in [0.05, 0.1) is 46.1 Å². The van der Waals surface area contributed by atoms with Crippen LogP contribution in [-0.2, 0) is 14.3 Å². The second-order valence-electron chi connectivity index (χ2n) is 21.5. The highest BCUT2D eigenvalue weighted by Crippen LogP contribution is 2.41. The molecule has 77 heavy (non-hydrogen) atoms. The predicted octanol–water partition coefficient (Wildman–Crippen LogP) is 6.43. The lowest BCUT2D eigenvalue weighted by Crippen LogP contribution is -2.54. The summed E-state index contributed by atoms with van der Waals surface area (Å²) in [7, 11) is 0. The zero-order chi connectivity index (χ0) is 53.3. The molecule has 2 amide bonds. The number of piperidine rings is 1. The maximum Gasteiger partial charge on any atom is 0.254 e. The minimum atomic E-state index is -0.846. The lowest BCUT2D eigenvalue weighted by atomic mass is 9.91. The maximum atomic E-state index is 14.2. The van der Waals surface area contributed by atoms with Crippen molar-refractivity contribution in [2.45, 2.75) is 120 Å². The number of nitrogens with two attached hydrogens (primary N) is 2. The highest BCUT2D eigenvalue weighted by molar-refractivity contribution is 7.13. The van der Waals surface area contributed by atoms with E-state index in [-0.39, 0.29) is 72.9 Å². The van der Waals surface area contributed by atoms with E-state index in [0.717, 1.165) is 92.1 Å². The lowest BCUT2D eigenvalue weighted by Gasteiger charge is -2.43. The van der Waals surface area contributed by atoms with Gasteiger partial charge in [-0.3, -0.25) is 14.5 Å². The van der Waals surface area contributed by atoms with Crippen LogP contribution >= 0.6 is 11.3 Å². The monoisotopic (exact) mass is 1070 g/mol. The standard InChI is InChI=1S/C56H68N12O8S/c1-32(2)51(56(72)67-30-39(69)23-46(67)55(71)61-33(3)34-8-10-35(11-9-34)52-54(58)60-31-77-52)48-27-50(64-76-48)73-21-20-65-18-15-40(16-19-65)74-41-24-42(25-41)75-49-22-36(14-17-59-49)68-37-12-13-38(68)29-66(28-37)45-26-44(62-63-53(45)57)43-6-4-5-7-47(43)70/h4-11,14,17,22,26-27,31-33,37-42,46,51,69-70H,12-13,15-16,18-21,23-25,28-30,58H2,1-3H3,(H2,57,63)(H,61,71)/t33-,37?,38?,39+,41-,42-,46-,51+/m0/s1. The molecule has 0 radical (unpaired) electrons. The zero-order valence-corrected chi connectivity index (χ0v) is 44.5. The SMILES string of the molecule is CC(C)[C@@H](C(=O)N1C[C@H](O)C[C@H]1C(=O)N[C@@H](C)c1ccc(-c2scnc2N)cc1)c1cc(OCCN2CCC(O[C@H]3C[C@H](Oc4cc(N5C6CCC5CN(c5cc(-c7ccccc7O)nnc5N)C6)ccn4)C3)CC2)no1. The summed E-state index contributed by atoms with van der Waals surface area (Å²) in [6.45, 7) is 10.2. The maximum absolute atomic E-state index is 14.2. The fourth-order valence-corrected chi connectivity index (χ4v) is 12.5. The number of phenolic OH excluding ortho intramolecular Hbond substituents is 1. The number of hydrogen-bond acceptors (Lipinski definition) is 19. The number of aromatic nitrogens is 5. The summed E-state index contributed by atoms with van der Waals surface area (Å²) in [5.41, 5.74) is 19.1. The number of nitrogens with one attached hydrogen (secondary N) is 1. The molecule has 8 heterocycles. The highest BCUT2D eigenvalue weighted by Gasteiger charge is 2.45. The first-order chi connectivity index (χ1) is 37.3. The topological polar surface area (TPSA) is 257 Å². The minimum absolute atomic E-state index is 0.0410. The minimum Gasteiger partial charge on any atom is -0.507 e. The second-order valence-corrected chi connectivity index (χ2v) is 22.4. The Hall–Kier alpha value is -7.07. The normalized spacial score (nSPS) is 23.5. The number of carbonyl (C=O) groups excluding carboxylic acids is 2. The van der Waals surface area contributed by atoms with E-state index in [9.17, 15) is 19.8 Å². The molecule has 2 bridgehead atoms. The van der Waals surface area contributed by atoms with Gasteiger partial charge < -0.3 is 60.4 Å². The quantitative estimate of drug-likeness (QED) is 0.0622. The fraction of sp³-hybridized carbons (Fsp3) is 0.482. The number of nitrogen functional groups attached to an aromatic ring is 2. The van der Waals surface area contributed by atoms with E-state index in [1.165, 1.54) is 16.2 Å². The lowest BCUT2D eigenvalue weighted by molar-refractivity contribution is -0.141. The average molecular weight is 1070 g/mol. The summed E-state index contributed by atoms with van der Waals surface area (Å²) < 4.78 is 24.7. The van der Waals surface area contributed by atoms with E-state index < -0.39 is 18.1 Å². The number of pyridine rings is 1. The molecule has 4 saturated heterocycles. The van der Waals surface area contributed by atoms with Gasteiger partial charge in [-0.1, -0.05) is 50.2 Å². The molecule has 6 aromatic rings. The van der Waals surface area contributed by atoms with Gasteiger partial charge in [0.2, 0.25) is 17.7 Å². The number of anilines is 4. The van der Waals surface area contributed by atoms with Crippen molar-refractivity contribution in [3.05, 3.63) is 95.8 Å². The molecule has 4 aromatic heterocycles. The van der Waals surface area contributed by atoms with E-state index in [4.69, 9.17) is 30.2 Å². The number of thiazole rings is 1. The molecule has 2 aromatic carbocycles. The molecule has 1 saturated carbocycles. The van der Waals surface area contributed by atoms with Crippen molar-refractivity contribution in [2.75, 3.05) is 67.1 Å². The van der Waals surface area contributed by atoms with Crippen LogP contribution in [0.4, 0.5) is 23.0 Å². The Bertz CT molecular complexity index is 3000. The molecule has 406 valence electrons. The number of phenols is 1. The van der Waals surface area contributed by atoms with Crippen LogP contribution < -0.4 is 36.1 Å². The smallest absolute Gasteiger partial charge is 0.254 e. The fourth-order valence-electron chi connectivity index (χ4n) is 11.8. The van der Waals surface area contributed by atoms with E-state index >= 15 is 0 Å². The number of rotatable bonds is 18. The highest BCUT2D eigenvalue weighted by atomic mass is 32.1. The van der Waals surface area contributed by atoms with E-state index in [1.807, 2.05) is 69.4 Å². The molecule has 1 aliphatic carbocycles. The number of aromatic hydroxyl groups is 1. The summed E-state index contributed by atoms with van der Waals surface area (Å²) in [5, 5.41) is 36.9. The number of aliphatic hydroxyl groups is 1. The summed E-state index contributed by atoms with van der Waals surface area (Å²) in [6, 6.07) is 22.0. The van der Waals surface area contributed by atoms with Gasteiger partial charge in [-0.15, -0.1) is 21.5 Å². The van der Waals surface area contributed by atoms with Crippen LogP contribution in [-0.4, -0.2) is 146 Å². The number of para-hydroxylation sites is 1. The predicted molar refractivity (Wildman–Crippen MR) is 291 cm³/mol. The number of nitrogens with zero attached hydrogens (tertiary/aromatic N) is 9. The van der Waals surface area contributed by atoms with Gasteiger partial charge in [-0.25, -0.2) is 9.97 Å². The zero-order valence-electron chi connectivity index (χ0n) is 43.7. The van der Waals surface area contributed by atoms with Gasteiger partial charge in [0.15, 0.2) is 11.6 Å². The first-order valence-electron chi connectivity index (χ1n) is 26.9. The number of ether oxygens (including phenoxy) is 3. The summed E-state index contributed by atoms with van der Waals surface area (Å²) in [5.74, 6) is 0.745. The van der Waals surface area contributed by atoms with Crippen LogP contribution in [0.2, 0.25) is 0 Å². The molecule has 21 heteroatoms. The summed E-state index contributed by atoms with van der Waals surface area (Å²) >= 11 is 1.47. The van der Waals surface area contributed by atoms with E-state index in [1.54, 1.807) is 23.7 Å². The van der Waals surface area contributed by atoms with Crippen molar-refractivity contribution in [2.24, 2.45) is 5.92 Å². The largest absolute Gasteiger partial charge is 0.507 e. The van der Waals surface area contributed by atoms with Crippen LogP contribution in [0, 0.1) is 5.92 Å². The van der Waals surface area contributed by atoms with Crippen molar-refractivity contribution in [1.82, 2.24) is 40.4 Å². The van der Waals surface area contributed by atoms with Crippen LogP contribution in [0.5, 0.6) is 17.5 Å². The first-order valence-corrected chi connectivity index (χ1v) is 27.8. The van der Waals surface area contributed by atoms with E-state index in [2.05, 4.69) is 57.5 Å². The molecule has 5 fully saturated rings. The van der Waals surface area contributed by atoms with Crippen molar-refractivity contribution < 1.29 is 38.5 Å². The average Bonchev–Trinajstić information content (AvgIpc) is 4.25. The Kier molecular flexibility index (Phi) is 15.2. The van der Waals surface area contributed by atoms with Crippen molar-refractivity contribution >= 4 is 46.2 Å². The van der Waals surface area contributed by atoms with Crippen LogP contribution in [0.3, 0.4) is 0 Å². The summed E-state index contributed by atoms with van der Waals surface area (Å²) in [4.78, 5) is 46.2. The van der Waals surface area contributed by atoms with Crippen LogP contribution in [0.1, 0.15) is 89.0 Å². The molecule has 0 spiro atoms. The molecule has 6 atom stereocenters. The molecule has 4 aliphatic heterocycles. The van der Waals surface area contributed by atoms with E-state index in [0.29, 0.717) is 53.6 Å². The number of fused-ring (bicyclic) bond motifs is 2. The molecule has 7 N–H and O–H groups in total. The number of carbonyl (C=O) groups is 2. The van der Waals surface area contributed by atoms with Gasteiger partial charge in [0, 0.05) is 100 Å². The third-order valence-electron chi connectivity index (χ3n) is 16.0. The van der Waals surface area contributed by atoms with Crippen molar-refractivity contribution in [1.29, 1.82) is 0 Å². The van der Waals surface area contributed by atoms with Gasteiger partial charge in [0.25, 0.3) is 5.88 Å². The van der Waals surface area contributed by atoms with Gasteiger partial charge >= 0.3 is 0 Å².